The van der Waals surface area contributed by atoms with Gasteiger partial charge in [0.05, 0.1) is 5.56 Å². The highest BCUT2D eigenvalue weighted by atomic mass is 19.4. The van der Waals surface area contributed by atoms with Crippen LogP contribution in [0.25, 0.3) is 5.65 Å². The Labute approximate surface area is 173 Å². The summed E-state index contributed by atoms with van der Waals surface area (Å²) in [5.41, 5.74) is -0.132. The molecule has 0 atom stereocenters. The van der Waals surface area contributed by atoms with Crippen LogP contribution in [-0.4, -0.2) is 50.9 Å². The van der Waals surface area contributed by atoms with Crippen molar-refractivity contribution in [2.24, 2.45) is 0 Å². The zero-order chi connectivity index (χ0) is 22.2. The van der Waals surface area contributed by atoms with Gasteiger partial charge in [-0.3, -0.25) is 4.90 Å². The molecule has 0 spiro atoms. The lowest BCUT2D eigenvalue weighted by molar-refractivity contribution is -0.146. The van der Waals surface area contributed by atoms with Gasteiger partial charge in [0.15, 0.2) is 5.65 Å². The topological polar surface area (TPSA) is 49.6 Å². The Hall–Kier alpha value is -2.89. The highest BCUT2D eigenvalue weighted by Gasteiger charge is 2.38. The number of nitrogens with zero attached hydrogens (tertiary/aromatic N) is 6. The lowest BCUT2D eigenvalue weighted by atomic mass is 10.1. The number of halogens is 6. The Morgan fingerprint density at radius 2 is 1.65 bits per heavy atom. The van der Waals surface area contributed by atoms with Crippen LogP contribution in [0.3, 0.4) is 0 Å². The monoisotopic (exact) mass is 444 g/mol. The zero-order valence-electron chi connectivity index (χ0n) is 16.2. The van der Waals surface area contributed by atoms with E-state index in [2.05, 4.69) is 15.3 Å². The summed E-state index contributed by atoms with van der Waals surface area (Å²) in [7, 11) is 0. The molecular formula is C19H18F6N6. The largest absolute Gasteiger partial charge is 0.453 e. The Kier molecular flexibility index (Phi) is 5.50. The molecule has 3 aromatic rings. The Bertz CT molecular complexity index is 1060. The first-order valence-corrected chi connectivity index (χ1v) is 9.54. The minimum absolute atomic E-state index is 0.00271. The van der Waals surface area contributed by atoms with Crippen LogP contribution >= 0.6 is 0 Å². The zero-order valence-corrected chi connectivity index (χ0v) is 16.2. The molecule has 0 amide bonds. The molecule has 3 heterocycles. The van der Waals surface area contributed by atoms with E-state index >= 15 is 0 Å². The molecule has 0 N–H and O–H groups in total. The summed E-state index contributed by atoms with van der Waals surface area (Å²) in [4.78, 5) is 3.87. The van der Waals surface area contributed by atoms with Gasteiger partial charge in [0.2, 0.25) is 0 Å². The van der Waals surface area contributed by atoms with Gasteiger partial charge in [-0.15, -0.1) is 15.3 Å². The van der Waals surface area contributed by atoms with Gasteiger partial charge in [-0.05, 0) is 30.2 Å². The van der Waals surface area contributed by atoms with Gasteiger partial charge in [0.25, 0.3) is 5.82 Å². The Balaban J connectivity index is 1.47. The van der Waals surface area contributed by atoms with Crippen molar-refractivity contribution in [1.29, 1.82) is 0 Å². The highest BCUT2D eigenvalue weighted by molar-refractivity contribution is 5.46. The summed E-state index contributed by atoms with van der Waals surface area (Å²) in [6.07, 6.45) is -8.38. The minimum Gasteiger partial charge on any atom is -0.354 e. The van der Waals surface area contributed by atoms with Crippen molar-refractivity contribution in [2.75, 3.05) is 31.1 Å². The number of hydrogen-bond donors (Lipinski definition) is 0. The molecule has 12 heteroatoms. The fraction of sp³-hybridized carbons (Fsp3) is 0.421. The first-order valence-electron chi connectivity index (χ1n) is 9.54. The van der Waals surface area contributed by atoms with Gasteiger partial charge in [-0.1, -0.05) is 18.2 Å². The van der Waals surface area contributed by atoms with Gasteiger partial charge >= 0.3 is 12.4 Å². The smallest absolute Gasteiger partial charge is 0.354 e. The van der Waals surface area contributed by atoms with Crippen LogP contribution in [0.15, 0.2) is 36.4 Å². The van der Waals surface area contributed by atoms with Crippen molar-refractivity contribution in [3.63, 3.8) is 0 Å². The third kappa shape index (κ3) is 4.73. The van der Waals surface area contributed by atoms with Crippen molar-refractivity contribution in [1.82, 2.24) is 24.7 Å². The molecule has 4 rings (SSSR count). The molecule has 1 aliphatic heterocycles. The van der Waals surface area contributed by atoms with Crippen LogP contribution in [0.1, 0.15) is 23.4 Å². The van der Waals surface area contributed by atoms with E-state index in [-0.39, 0.29) is 5.65 Å². The summed E-state index contributed by atoms with van der Waals surface area (Å²) in [5, 5.41) is 10.7. The van der Waals surface area contributed by atoms with Crippen molar-refractivity contribution in [2.45, 2.75) is 25.3 Å². The van der Waals surface area contributed by atoms with Crippen LogP contribution in [0, 0.1) is 0 Å². The van der Waals surface area contributed by atoms with Crippen LogP contribution in [0.2, 0.25) is 0 Å². The fourth-order valence-electron chi connectivity index (χ4n) is 3.59. The first kappa shape index (κ1) is 21.3. The standard InChI is InChI=1S/C19H18F6N6/c20-18(21,22)14-4-1-3-13(11-14)12-29-7-2-8-30(10-9-29)16-6-5-15-26-27-17(19(23,24)25)31(15)28-16/h1,3-6,11H,2,7-10,12H2. The number of fused-ring (bicyclic) bond motifs is 1. The van der Waals surface area contributed by atoms with Gasteiger partial charge < -0.3 is 4.90 Å². The molecule has 166 valence electrons. The second-order valence-corrected chi connectivity index (χ2v) is 7.30. The second kappa shape index (κ2) is 7.98. The summed E-state index contributed by atoms with van der Waals surface area (Å²) >= 11 is 0. The lowest BCUT2D eigenvalue weighted by Crippen LogP contribution is -2.31. The quantitative estimate of drug-likeness (QED) is 0.574. The van der Waals surface area contributed by atoms with Crippen molar-refractivity contribution < 1.29 is 26.3 Å². The molecule has 1 aliphatic rings. The summed E-state index contributed by atoms with van der Waals surface area (Å²) in [5.74, 6) is -0.830. The molecule has 0 unspecified atom stereocenters. The summed E-state index contributed by atoms with van der Waals surface area (Å²) < 4.78 is 78.8. The van der Waals surface area contributed by atoms with Crippen LogP contribution in [-0.2, 0) is 18.9 Å². The molecule has 6 nitrogen and oxygen atoms in total. The van der Waals surface area contributed by atoms with E-state index in [0.29, 0.717) is 55.0 Å². The fourth-order valence-corrected chi connectivity index (χ4v) is 3.59. The maximum Gasteiger partial charge on any atom is 0.453 e. The molecule has 0 aliphatic carbocycles. The minimum atomic E-state index is -4.68. The lowest BCUT2D eigenvalue weighted by Gasteiger charge is -2.23. The molecule has 0 bridgehead atoms. The Morgan fingerprint density at radius 1 is 0.839 bits per heavy atom. The highest BCUT2D eigenvalue weighted by Crippen LogP contribution is 2.30. The predicted molar refractivity (Wildman–Crippen MR) is 99.3 cm³/mol. The predicted octanol–water partition coefficient (Wildman–Crippen LogP) is 3.87. The molecule has 0 radical (unpaired) electrons. The van der Waals surface area contributed by atoms with Crippen molar-refractivity contribution >= 4 is 11.5 Å². The molecule has 31 heavy (non-hydrogen) atoms. The van der Waals surface area contributed by atoms with Gasteiger partial charge in [-0.25, -0.2) is 0 Å². The SMILES string of the molecule is FC(F)(F)c1cccc(CN2CCCN(c3ccc4nnc(C(F)(F)F)n4n3)CC2)c1. The van der Waals surface area contributed by atoms with E-state index in [1.807, 2.05) is 9.80 Å². The Morgan fingerprint density at radius 3 is 2.39 bits per heavy atom. The number of rotatable bonds is 3. The van der Waals surface area contributed by atoms with E-state index in [1.54, 1.807) is 12.1 Å². The van der Waals surface area contributed by atoms with E-state index < -0.39 is 23.7 Å². The van der Waals surface area contributed by atoms with Crippen LogP contribution in [0.5, 0.6) is 0 Å². The molecule has 2 aromatic heterocycles. The third-order valence-corrected chi connectivity index (χ3v) is 5.08. The van der Waals surface area contributed by atoms with Crippen molar-refractivity contribution in [3.8, 4) is 0 Å². The third-order valence-electron chi connectivity index (χ3n) is 5.08. The first-order chi connectivity index (χ1) is 14.6. The molecule has 0 saturated carbocycles. The van der Waals surface area contributed by atoms with Crippen LogP contribution in [0.4, 0.5) is 32.2 Å². The van der Waals surface area contributed by atoms with Crippen LogP contribution < -0.4 is 4.90 Å². The summed E-state index contributed by atoms with van der Waals surface area (Å²) in [6, 6.07) is 8.23. The number of alkyl halides is 6. The second-order valence-electron chi connectivity index (χ2n) is 7.30. The van der Waals surface area contributed by atoms with E-state index in [1.165, 1.54) is 12.1 Å². The van der Waals surface area contributed by atoms with Crippen molar-refractivity contribution in [3.05, 3.63) is 53.3 Å². The number of hydrogen-bond acceptors (Lipinski definition) is 5. The van der Waals surface area contributed by atoms with E-state index in [9.17, 15) is 26.3 Å². The molecule has 1 fully saturated rings. The molecule has 1 saturated heterocycles. The molecule has 1 aromatic carbocycles. The van der Waals surface area contributed by atoms with E-state index in [0.717, 1.165) is 12.1 Å². The van der Waals surface area contributed by atoms with Gasteiger partial charge in [0.1, 0.15) is 5.82 Å². The maximum atomic E-state index is 13.1. The normalized spacial score (nSPS) is 16.6. The van der Waals surface area contributed by atoms with E-state index in [4.69, 9.17) is 0 Å². The number of anilines is 1. The van der Waals surface area contributed by atoms with Gasteiger partial charge in [0, 0.05) is 32.7 Å². The maximum absolute atomic E-state index is 13.1. The molecular weight excluding hydrogens is 426 g/mol. The average molecular weight is 444 g/mol. The average Bonchev–Trinajstić information content (AvgIpc) is 3.00. The van der Waals surface area contributed by atoms with Gasteiger partial charge in [-0.2, -0.15) is 30.9 Å². The summed E-state index contributed by atoms with van der Waals surface area (Å²) in [6.45, 7) is 2.57. The number of aromatic nitrogens is 4. The number of benzene rings is 1.